The SMILES string of the molecule is CC(=O)N1CCC(C(=O)N(C)CC(=O)Nc2cc(C)ccc2C)CC1. The molecule has 2 rings (SSSR count). The van der Waals surface area contributed by atoms with Crippen molar-refractivity contribution in [1.82, 2.24) is 9.80 Å². The molecule has 0 radical (unpaired) electrons. The number of likely N-dealkylation sites (tertiary alicyclic amines) is 1. The molecule has 1 aromatic carbocycles. The predicted octanol–water partition coefficient (Wildman–Crippen LogP) is 1.96. The molecular weight excluding hydrogens is 318 g/mol. The number of carbonyl (C=O) groups excluding carboxylic acids is 3. The smallest absolute Gasteiger partial charge is 0.243 e. The molecule has 1 N–H and O–H groups in total. The molecule has 1 fully saturated rings. The van der Waals surface area contributed by atoms with Gasteiger partial charge in [-0.2, -0.15) is 0 Å². The number of benzene rings is 1. The number of anilines is 1. The Morgan fingerprint density at radius 3 is 2.44 bits per heavy atom. The minimum absolute atomic E-state index is 0.0269. The standard InChI is InChI=1S/C19H27N3O3/c1-13-5-6-14(2)17(11-13)20-18(24)12-21(4)19(25)16-7-9-22(10-8-16)15(3)23/h5-6,11,16H,7-10,12H2,1-4H3,(H,20,24). The second-order valence-electron chi connectivity index (χ2n) is 6.84. The van der Waals surface area contributed by atoms with Crippen LogP contribution in [0.5, 0.6) is 0 Å². The summed E-state index contributed by atoms with van der Waals surface area (Å²) in [5.41, 5.74) is 2.84. The Bertz CT molecular complexity index is 664. The molecule has 6 nitrogen and oxygen atoms in total. The number of hydrogen-bond acceptors (Lipinski definition) is 3. The molecule has 6 heteroatoms. The third-order valence-corrected chi connectivity index (χ3v) is 4.71. The fourth-order valence-corrected chi connectivity index (χ4v) is 3.11. The Kier molecular flexibility index (Phi) is 6.17. The molecule has 25 heavy (non-hydrogen) atoms. The lowest BCUT2D eigenvalue weighted by atomic mass is 9.95. The highest BCUT2D eigenvalue weighted by Crippen LogP contribution is 2.20. The molecule has 1 aliphatic rings. The zero-order valence-electron chi connectivity index (χ0n) is 15.5. The van der Waals surface area contributed by atoms with Gasteiger partial charge in [-0.05, 0) is 43.9 Å². The first-order chi connectivity index (χ1) is 11.8. The molecule has 0 spiro atoms. The van der Waals surface area contributed by atoms with E-state index in [1.54, 1.807) is 18.9 Å². The zero-order chi connectivity index (χ0) is 18.6. The van der Waals surface area contributed by atoms with Gasteiger partial charge >= 0.3 is 0 Å². The highest BCUT2D eigenvalue weighted by atomic mass is 16.2. The van der Waals surface area contributed by atoms with Crippen LogP contribution in [0, 0.1) is 19.8 Å². The molecule has 1 aromatic rings. The molecule has 1 saturated heterocycles. The number of amides is 3. The van der Waals surface area contributed by atoms with Crippen molar-refractivity contribution in [3.63, 3.8) is 0 Å². The van der Waals surface area contributed by atoms with Gasteiger partial charge in [-0.3, -0.25) is 14.4 Å². The highest BCUT2D eigenvalue weighted by molar-refractivity contribution is 5.95. The van der Waals surface area contributed by atoms with Gasteiger partial charge in [0, 0.05) is 38.7 Å². The monoisotopic (exact) mass is 345 g/mol. The summed E-state index contributed by atoms with van der Waals surface area (Å²) >= 11 is 0. The van der Waals surface area contributed by atoms with Gasteiger partial charge in [-0.25, -0.2) is 0 Å². The van der Waals surface area contributed by atoms with Crippen LogP contribution < -0.4 is 5.32 Å². The van der Waals surface area contributed by atoms with E-state index in [4.69, 9.17) is 0 Å². The van der Waals surface area contributed by atoms with Crippen molar-refractivity contribution in [2.45, 2.75) is 33.6 Å². The van der Waals surface area contributed by atoms with Crippen LogP contribution in [0.3, 0.4) is 0 Å². The summed E-state index contributed by atoms with van der Waals surface area (Å²) in [6.45, 7) is 6.69. The van der Waals surface area contributed by atoms with Gasteiger partial charge in [0.25, 0.3) is 0 Å². The van der Waals surface area contributed by atoms with Gasteiger partial charge in [-0.1, -0.05) is 12.1 Å². The lowest BCUT2D eigenvalue weighted by molar-refractivity contribution is -0.140. The van der Waals surface area contributed by atoms with E-state index in [9.17, 15) is 14.4 Å². The lowest BCUT2D eigenvalue weighted by Gasteiger charge is -2.32. The third kappa shape index (κ3) is 5.05. The first kappa shape index (κ1) is 19.0. The topological polar surface area (TPSA) is 69.7 Å². The van der Waals surface area contributed by atoms with Gasteiger partial charge in [0.15, 0.2) is 0 Å². The zero-order valence-corrected chi connectivity index (χ0v) is 15.5. The summed E-state index contributed by atoms with van der Waals surface area (Å²) in [4.78, 5) is 39.4. The third-order valence-electron chi connectivity index (χ3n) is 4.71. The number of nitrogens with one attached hydrogen (secondary N) is 1. The van der Waals surface area contributed by atoms with Crippen LogP contribution >= 0.6 is 0 Å². The molecule has 0 atom stereocenters. The van der Waals surface area contributed by atoms with E-state index in [1.165, 1.54) is 4.90 Å². The van der Waals surface area contributed by atoms with E-state index in [1.807, 2.05) is 32.0 Å². The molecule has 0 aromatic heterocycles. The summed E-state index contributed by atoms with van der Waals surface area (Å²) in [6, 6.07) is 5.88. The van der Waals surface area contributed by atoms with Gasteiger partial charge in [0.05, 0.1) is 6.54 Å². The number of piperidine rings is 1. The molecular formula is C19H27N3O3. The fourth-order valence-electron chi connectivity index (χ4n) is 3.11. The Labute approximate surface area is 149 Å². The van der Waals surface area contributed by atoms with Crippen LogP contribution in [0.15, 0.2) is 18.2 Å². The van der Waals surface area contributed by atoms with Crippen molar-refractivity contribution in [3.05, 3.63) is 29.3 Å². The molecule has 0 bridgehead atoms. The molecule has 1 heterocycles. The highest BCUT2D eigenvalue weighted by Gasteiger charge is 2.28. The van der Waals surface area contributed by atoms with Gasteiger partial charge in [0.1, 0.15) is 0 Å². The van der Waals surface area contributed by atoms with E-state index in [0.717, 1.165) is 16.8 Å². The maximum absolute atomic E-state index is 12.5. The lowest BCUT2D eigenvalue weighted by Crippen LogP contribution is -2.44. The van der Waals surface area contributed by atoms with Crippen molar-refractivity contribution in [3.8, 4) is 0 Å². The molecule has 3 amide bonds. The van der Waals surface area contributed by atoms with E-state index >= 15 is 0 Å². The summed E-state index contributed by atoms with van der Waals surface area (Å²) in [5, 5.41) is 2.88. The minimum atomic E-state index is -0.203. The number of likely N-dealkylation sites (N-methyl/N-ethyl adjacent to an activating group) is 1. The van der Waals surface area contributed by atoms with Crippen molar-refractivity contribution < 1.29 is 14.4 Å². The normalized spacial score (nSPS) is 15.0. The van der Waals surface area contributed by atoms with E-state index in [0.29, 0.717) is 25.9 Å². The van der Waals surface area contributed by atoms with Crippen LogP contribution in [0.25, 0.3) is 0 Å². The van der Waals surface area contributed by atoms with Crippen LogP contribution in [-0.4, -0.2) is 54.2 Å². The summed E-state index contributed by atoms with van der Waals surface area (Å²) in [5.74, 6) is -0.300. The molecule has 136 valence electrons. The Hall–Kier alpha value is -2.37. The van der Waals surface area contributed by atoms with E-state index in [2.05, 4.69) is 5.32 Å². The molecule has 0 aliphatic carbocycles. The molecule has 0 saturated carbocycles. The average molecular weight is 345 g/mol. The molecule has 0 unspecified atom stereocenters. The van der Waals surface area contributed by atoms with Gasteiger partial charge in [-0.15, -0.1) is 0 Å². The number of carbonyl (C=O) groups is 3. The van der Waals surface area contributed by atoms with Crippen LogP contribution in [0.1, 0.15) is 30.9 Å². The average Bonchev–Trinajstić information content (AvgIpc) is 2.57. The van der Waals surface area contributed by atoms with E-state index in [-0.39, 0.29) is 30.2 Å². The first-order valence-electron chi connectivity index (χ1n) is 8.65. The second kappa shape index (κ2) is 8.14. The quantitative estimate of drug-likeness (QED) is 0.907. The largest absolute Gasteiger partial charge is 0.343 e. The minimum Gasteiger partial charge on any atom is -0.343 e. The van der Waals surface area contributed by atoms with Gasteiger partial charge in [0.2, 0.25) is 17.7 Å². The summed E-state index contributed by atoms with van der Waals surface area (Å²) < 4.78 is 0. The second-order valence-corrected chi connectivity index (χ2v) is 6.84. The van der Waals surface area contributed by atoms with Crippen molar-refractivity contribution in [2.75, 3.05) is 32.0 Å². The number of hydrogen-bond donors (Lipinski definition) is 1. The van der Waals surface area contributed by atoms with Crippen LogP contribution in [-0.2, 0) is 14.4 Å². The summed E-state index contributed by atoms with van der Waals surface area (Å²) in [7, 11) is 1.66. The fraction of sp³-hybridized carbons (Fsp3) is 0.526. The Morgan fingerprint density at radius 1 is 1.20 bits per heavy atom. The predicted molar refractivity (Wildman–Crippen MR) is 97.2 cm³/mol. The Morgan fingerprint density at radius 2 is 1.84 bits per heavy atom. The number of nitrogens with zero attached hydrogens (tertiary/aromatic N) is 2. The van der Waals surface area contributed by atoms with Crippen LogP contribution in [0.2, 0.25) is 0 Å². The maximum Gasteiger partial charge on any atom is 0.243 e. The number of aryl methyl sites for hydroxylation is 2. The van der Waals surface area contributed by atoms with Crippen LogP contribution in [0.4, 0.5) is 5.69 Å². The maximum atomic E-state index is 12.5. The summed E-state index contributed by atoms with van der Waals surface area (Å²) in [6.07, 6.45) is 1.31. The van der Waals surface area contributed by atoms with Crippen molar-refractivity contribution >= 4 is 23.4 Å². The van der Waals surface area contributed by atoms with Crippen molar-refractivity contribution in [1.29, 1.82) is 0 Å². The first-order valence-corrected chi connectivity index (χ1v) is 8.65. The number of rotatable bonds is 4. The molecule has 1 aliphatic heterocycles. The van der Waals surface area contributed by atoms with Crippen molar-refractivity contribution in [2.24, 2.45) is 5.92 Å². The Balaban J connectivity index is 1.87. The van der Waals surface area contributed by atoms with Gasteiger partial charge < -0.3 is 15.1 Å². The van der Waals surface area contributed by atoms with E-state index < -0.39 is 0 Å².